The van der Waals surface area contributed by atoms with Gasteiger partial charge in [-0.3, -0.25) is 0 Å². The van der Waals surface area contributed by atoms with E-state index in [1.165, 1.54) is 30.8 Å². The average molecular weight is 188 g/mol. The van der Waals surface area contributed by atoms with Gasteiger partial charge in [-0.15, -0.1) is 0 Å². The summed E-state index contributed by atoms with van der Waals surface area (Å²) in [6, 6.07) is 0. The molecule has 0 nitrogen and oxygen atoms in total. The molecule has 1 heteroatoms. The highest BCUT2D eigenvalue weighted by Gasteiger charge is 2.00. The summed E-state index contributed by atoms with van der Waals surface area (Å²) in [7, 11) is 0. The smallest absolute Gasteiger partial charge is 0.00444 e. The van der Waals surface area contributed by atoms with Gasteiger partial charge in [-0.05, 0) is 29.8 Å². The van der Waals surface area contributed by atoms with Crippen molar-refractivity contribution in [3.05, 3.63) is 0 Å². The lowest BCUT2D eigenvalue weighted by atomic mass is 10.0. The second kappa shape index (κ2) is 7.97. The zero-order valence-corrected chi connectivity index (χ0v) is 9.91. The molecule has 0 heterocycles. The molecule has 0 N–H and O–H groups in total. The minimum atomic E-state index is 0.858. The molecule has 0 saturated carbocycles. The number of rotatable bonds is 7. The van der Waals surface area contributed by atoms with E-state index in [0.717, 1.165) is 11.8 Å². The van der Waals surface area contributed by atoms with Crippen molar-refractivity contribution >= 4 is 11.8 Å². The van der Waals surface area contributed by atoms with Crippen LogP contribution in [-0.4, -0.2) is 11.5 Å². The lowest BCUT2D eigenvalue weighted by molar-refractivity contribution is 0.513. The number of hydrogen-bond acceptors (Lipinski definition) is 1. The molecule has 0 bridgehead atoms. The standard InChI is InChI=1S/C11H24S/c1-5-6-11(4)7-8-12-9-10(2)3/h10-11H,5-9H2,1-4H3. The molecule has 0 aliphatic carbocycles. The molecule has 0 radical (unpaired) electrons. The summed E-state index contributed by atoms with van der Waals surface area (Å²) in [5.74, 6) is 4.49. The Kier molecular flexibility index (Phi) is 8.20. The van der Waals surface area contributed by atoms with E-state index in [0.29, 0.717) is 0 Å². The Bertz CT molecular complexity index is 89.0. The summed E-state index contributed by atoms with van der Waals surface area (Å²) in [6.45, 7) is 9.24. The quantitative estimate of drug-likeness (QED) is 0.540. The molecule has 1 unspecified atom stereocenters. The average Bonchev–Trinajstić information content (AvgIpc) is 1.98. The first-order chi connectivity index (χ1) is 5.66. The predicted molar refractivity (Wildman–Crippen MR) is 60.9 cm³/mol. The molecular formula is C11H24S. The molecule has 1 atom stereocenters. The van der Waals surface area contributed by atoms with Crippen LogP contribution < -0.4 is 0 Å². The monoisotopic (exact) mass is 188 g/mol. The third kappa shape index (κ3) is 8.45. The van der Waals surface area contributed by atoms with Crippen LogP contribution >= 0.6 is 11.8 Å². The summed E-state index contributed by atoms with van der Waals surface area (Å²) in [5.41, 5.74) is 0. The van der Waals surface area contributed by atoms with Crippen molar-refractivity contribution in [1.29, 1.82) is 0 Å². The SMILES string of the molecule is CCCC(C)CCSCC(C)C. The van der Waals surface area contributed by atoms with Gasteiger partial charge in [0.1, 0.15) is 0 Å². The second-order valence-corrected chi connectivity index (χ2v) is 5.30. The van der Waals surface area contributed by atoms with Gasteiger partial charge in [0.15, 0.2) is 0 Å². The summed E-state index contributed by atoms with van der Waals surface area (Å²) in [6.07, 6.45) is 4.16. The van der Waals surface area contributed by atoms with Gasteiger partial charge < -0.3 is 0 Å². The molecule has 0 fully saturated rings. The van der Waals surface area contributed by atoms with Crippen LogP contribution in [0.15, 0.2) is 0 Å². The molecule has 74 valence electrons. The second-order valence-electron chi connectivity index (χ2n) is 4.15. The van der Waals surface area contributed by atoms with E-state index in [4.69, 9.17) is 0 Å². The van der Waals surface area contributed by atoms with Crippen molar-refractivity contribution in [2.45, 2.75) is 47.0 Å². The Hall–Kier alpha value is 0.350. The molecule has 0 amide bonds. The van der Waals surface area contributed by atoms with Crippen LogP contribution in [0.5, 0.6) is 0 Å². The van der Waals surface area contributed by atoms with Crippen molar-refractivity contribution in [1.82, 2.24) is 0 Å². The predicted octanol–water partition coefficient (Wildman–Crippen LogP) is 4.20. The van der Waals surface area contributed by atoms with Gasteiger partial charge in [0.05, 0.1) is 0 Å². The lowest BCUT2D eigenvalue weighted by Crippen LogP contribution is -1.98. The Balaban J connectivity index is 3.08. The van der Waals surface area contributed by atoms with E-state index in [9.17, 15) is 0 Å². The van der Waals surface area contributed by atoms with Crippen LogP contribution in [-0.2, 0) is 0 Å². The van der Waals surface area contributed by atoms with Gasteiger partial charge in [-0.2, -0.15) is 11.8 Å². The Morgan fingerprint density at radius 3 is 2.25 bits per heavy atom. The molecule has 0 spiro atoms. The molecule has 0 rings (SSSR count). The zero-order valence-electron chi connectivity index (χ0n) is 9.10. The number of hydrogen-bond donors (Lipinski definition) is 0. The first-order valence-corrected chi connectivity index (χ1v) is 6.40. The van der Waals surface area contributed by atoms with Crippen molar-refractivity contribution < 1.29 is 0 Å². The van der Waals surface area contributed by atoms with E-state index in [2.05, 4.69) is 39.5 Å². The van der Waals surface area contributed by atoms with Crippen molar-refractivity contribution in [3.8, 4) is 0 Å². The van der Waals surface area contributed by atoms with Crippen molar-refractivity contribution in [2.24, 2.45) is 11.8 Å². The molecule has 0 aliphatic heterocycles. The maximum absolute atomic E-state index is 2.37. The molecule has 0 aromatic carbocycles. The summed E-state index contributed by atoms with van der Waals surface area (Å²) >= 11 is 2.12. The van der Waals surface area contributed by atoms with Gasteiger partial charge >= 0.3 is 0 Å². The number of thioether (sulfide) groups is 1. The van der Waals surface area contributed by atoms with Crippen LogP contribution in [0.2, 0.25) is 0 Å². The summed E-state index contributed by atoms with van der Waals surface area (Å²) in [4.78, 5) is 0. The minimum Gasteiger partial charge on any atom is -0.162 e. The van der Waals surface area contributed by atoms with Crippen molar-refractivity contribution in [2.75, 3.05) is 11.5 Å². The van der Waals surface area contributed by atoms with Gasteiger partial charge in [0.25, 0.3) is 0 Å². The highest BCUT2D eigenvalue weighted by atomic mass is 32.2. The maximum Gasteiger partial charge on any atom is -0.00444 e. The van der Waals surface area contributed by atoms with Crippen LogP contribution in [0.25, 0.3) is 0 Å². The molecular weight excluding hydrogens is 164 g/mol. The third-order valence-corrected chi connectivity index (χ3v) is 3.41. The van der Waals surface area contributed by atoms with E-state index in [-0.39, 0.29) is 0 Å². The molecule has 12 heavy (non-hydrogen) atoms. The van der Waals surface area contributed by atoms with Crippen LogP contribution in [0.4, 0.5) is 0 Å². The normalized spacial score (nSPS) is 13.8. The fourth-order valence-electron chi connectivity index (χ4n) is 1.24. The van der Waals surface area contributed by atoms with E-state index in [1.807, 2.05) is 0 Å². The summed E-state index contributed by atoms with van der Waals surface area (Å²) < 4.78 is 0. The van der Waals surface area contributed by atoms with Crippen LogP contribution in [0.3, 0.4) is 0 Å². The molecule has 0 aliphatic rings. The third-order valence-electron chi connectivity index (χ3n) is 1.99. The fourth-order valence-corrected chi connectivity index (χ4v) is 2.45. The largest absolute Gasteiger partial charge is 0.162 e. The van der Waals surface area contributed by atoms with Gasteiger partial charge in [0.2, 0.25) is 0 Å². The van der Waals surface area contributed by atoms with Gasteiger partial charge in [0, 0.05) is 0 Å². The van der Waals surface area contributed by atoms with Crippen LogP contribution in [0.1, 0.15) is 47.0 Å². The van der Waals surface area contributed by atoms with Gasteiger partial charge in [-0.25, -0.2) is 0 Å². The van der Waals surface area contributed by atoms with E-state index < -0.39 is 0 Å². The Labute approximate surface area is 82.5 Å². The minimum absolute atomic E-state index is 0.858. The highest BCUT2D eigenvalue weighted by Crippen LogP contribution is 2.15. The highest BCUT2D eigenvalue weighted by molar-refractivity contribution is 7.99. The van der Waals surface area contributed by atoms with Crippen molar-refractivity contribution in [3.63, 3.8) is 0 Å². The molecule has 0 aromatic rings. The molecule has 0 saturated heterocycles. The zero-order chi connectivity index (χ0) is 9.40. The molecule has 0 aromatic heterocycles. The van der Waals surface area contributed by atoms with Gasteiger partial charge in [-0.1, -0.05) is 40.5 Å². The first-order valence-electron chi connectivity index (χ1n) is 5.24. The maximum atomic E-state index is 2.37. The Morgan fingerprint density at radius 2 is 1.75 bits per heavy atom. The summed E-state index contributed by atoms with van der Waals surface area (Å²) in [5, 5.41) is 0. The van der Waals surface area contributed by atoms with E-state index >= 15 is 0 Å². The van der Waals surface area contributed by atoms with E-state index in [1.54, 1.807) is 0 Å². The lowest BCUT2D eigenvalue weighted by Gasteiger charge is -2.09. The fraction of sp³-hybridized carbons (Fsp3) is 1.00. The van der Waals surface area contributed by atoms with Crippen LogP contribution in [0, 0.1) is 11.8 Å². The topological polar surface area (TPSA) is 0 Å². The first kappa shape index (κ1) is 12.3. The Morgan fingerprint density at radius 1 is 1.08 bits per heavy atom.